The van der Waals surface area contributed by atoms with Crippen molar-refractivity contribution in [1.82, 2.24) is 4.31 Å². The van der Waals surface area contributed by atoms with Crippen LogP contribution < -0.4 is 0 Å². The van der Waals surface area contributed by atoms with E-state index in [9.17, 15) is 0 Å². The van der Waals surface area contributed by atoms with Crippen molar-refractivity contribution in [2.75, 3.05) is 0 Å². The van der Waals surface area contributed by atoms with Gasteiger partial charge in [0, 0.05) is 16.9 Å². The monoisotopic (exact) mass is 182 g/mol. The lowest BCUT2D eigenvalue weighted by molar-refractivity contribution is 1.07. The molecule has 1 aromatic carbocycles. The van der Waals surface area contributed by atoms with Gasteiger partial charge in [0.15, 0.2) is 0 Å². The standard InChI is InChI=1S/C8H5ClNS/c9-7-3-1-6(2-4-7)8-5-10(8)11/h1-5H/q-1. The van der Waals surface area contributed by atoms with E-state index in [1.807, 2.05) is 30.5 Å². The van der Waals surface area contributed by atoms with E-state index < -0.39 is 0 Å². The molecule has 0 aromatic heterocycles. The second-order valence-electron chi connectivity index (χ2n) is 2.35. The zero-order valence-corrected chi connectivity index (χ0v) is 7.19. The molecule has 11 heavy (non-hydrogen) atoms. The zero-order valence-electron chi connectivity index (χ0n) is 5.62. The van der Waals surface area contributed by atoms with Crippen molar-refractivity contribution >= 4 is 30.1 Å². The maximum Gasteiger partial charge on any atom is 0.0406 e. The molecule has 1 aliphatic rings. The summed E-state index contributed by atoms with van der Waals surface area (Å²) in [5, 5.41) is 0.755. The van der Waals surface area contributed by atoms with E-state index in [4.69, 9.17) is 24.4 Å². The summed E-state index contributed by atoms with van der Waals surface area (Å²) in [7, 11) is 0. The van der Waals surface area contributed by atoms with E-state index in [2.05, 4.69) is 0 Å². The van der Waals surface area contributed by atoms with Gasteiger partial charge in [-0.2, -0.15) is 0 Å². The second-order valence-corrected chi connectivity index (χ2v) is 3.18. The van der Waals surface area contributed by atoms with Crippen LogP contribution >= 0.6 is 11.6 Å². The van der Waals surface area contributed by atoms with Crippen LogP contribution in [0, 0.1) is 0 Å². The zero-order chi connectivity index (χ0) is 7.84. The summed E-state index contributed by atoms with van der Waals surface area (Å²) < 4.78 is 1.67. The Labute approximate surface area is 75.8 Å². The molecule has 1 nitrogen and oxygen atoms in total. The molecule has 0 aliphatic carbocycles. The van der Waals surface area contributed by atoms with Crippen LogP contribution in [0.3, 0.4) is 0 Å². The molecule has 0 spiro atoms. The Morgan fingerprint density at radius 2 is 1.73 bits per heavy atom. The first-order valence-electron chi connectivity index (χ1n) is 3.21. The maximum atomic E-state index is 5.71. The van der Waals surface area contributed by atoms with Crippen LogP contribution in [0.1, 0.15) is 5.56 Å². The molecule has 0 saturated carbocycles. The van der Waals surface area contributed by atoms with Crippen LogP contribution in [0.15, 0.2) is 30.5 Å². The number of hydrogen-bond donors (Lipinski definition) is 0. The summed E-state index contributed by atoms with van der Waals surface area (Å²) in [6.07, 6.45) is 1.90. The SMILES string of the molecule is [S-]N1C=C1c1ccc(Cl)cc1. The first kappa shape index (κ1) is 7.07. The van der Waals surface area contributed by atoms with Crippen molar-refractivity contribution in [3.8, 4) is 0 Å². The fourth-order valence-electron chi connectivity index (χ4n) is 0.905. The topological polar surface area (TPSA) is 3.01 Å². The number of benzene rings is 1. The highest BCUT2D eigenvalue weighted by Gasteiger charge is 2.10. The normalized spacial score (nSPS) is 14.7. The lowest BCUT2D eigenvalue weighted by Crippen LogP contribution is -1.83. The molecule has 1 aromatic rings. The van der Waals surface area contributed by atoms with E-state index in [0.717, 1.165) is 16.3 Å². The largest absolute Gasteiger partial charge is 0.661 e. The fourth-order valence-corrected chi connectivity index (χ4v) is 1.24. The summed E-state index contributed by atoms with van der Waals surface area (Å²) in [5.74, 6) is 0. The Kier molecular flexibility index (Phi) is 1.59. The summed E-state index contributed by atoms with van der Waals surface area (Å²) in [6.45, 7) is 0. The summed E-state index contributed by atoms with van der Waals surface area (Å²) in [4.78, 5) is 0. The van der Waals surface area contributed by atoms with Gasteiger partial charge < -0.3 is 17.1 Å². The number of nitrogens with zero attached hydrogens (tertiary/aromatic N) is 1. The molecule has 0 fully saturated rings. The third kappa shape index (κ3) is 1.37. The molecule has 1 heterocycles. The predicted molar refractivity (Wildman–Crippen MR) is 48.6 cm³/mol. The molecule has 0 unspecified atom stereocenters. The summed E-state index contributed by atoms with van der Waals surface area (Å²) in [5.41, 5.74) is 2.22. The molecule has 0 amide bonds. The molecular formula is C8H5ClNS-. The van der Waals surface area contributed by atoms with Crippen molar-refractivity contribution in [3.05, 3.63) is 41.1 Å². The Hall–Kier alpha value is -0.600. The van der Waals surface area contributed by atoms with Crippen LogP contribution in [0.2, 0.25) is 5.02 Å². The van der Waals surface area contributed by atoms with Gasteiger partial charge in [0.2, 0.25) is 0 Å². The van der Waals surface area contributed by atoms with E-state index in [1.165, 1.54) is 0 Å². The van der Waals surface area contributed by atoms with Gasteiger partial charge in [0.25, 0.3) is 0 Å². The molecule has 56 valence electrons. The van der Waals surface area contributed by atoms with Crippen molar-refractivity contribution in [2.24, 2.45) is 0 Å². The van der Waals surface area contributed by atoms with Crippen LogP contribution in [0.25, 0.3) is 5.70 Å². The van der Waals surface area contributed by atoms with Gasteiger partial charge in [-0.25, -0.2) is 0 Å². The smallest absolute Gasteiger partial charge is 0.0406 e. The Bertz CT molecular complexity index is 304. The van der Waals surface area contributed by atoms with Crippen LogP contribution in [-0.4, -0.2) is 4.31 Å². The molecule has 0 N–H and O–H groups in total. The lowest BCUT2D eigenvalue weighted by atomic mass is 10.2. The van der Waals surface area contributed by atoms with E-state index >= 15 is 0 Å². The van der Waals surface area contributed by atoms with E-state index in [-0.39, 0.29) is 0 Å². The van der Waals surface area contributed by atoms with Gasteiger partial charge in [-0.1, -0.05) is 23.7 Å². The Morgan fingerprint density at radius 1 is 1.18 bits per heavy atom. The number of rotatable bonds is 1. The molecule has 1 aliphatic heterocycles. The third-order valence-electron chi connectivity index (χ3n) is 1.55. The average Bonchev–Trinajstić information content (AvgIpc) is 2.69. The first-order valence-corrected chi connectivity index (χ1v) is 3.96. The molecule has 3 heteroatoms. The fraction of sp³-hybridized carbons (Fsp3) is 0. The molecule has 0 saturated heterocycles. The van der Waals surface area contributed by atoms with Crippen molar-refractivity contribution in [3.63, 3.8) is 0 Å². The Balaban J connectivity index is 2.28. The van der Waals surface area contributed by atoms with Gasteiger partial charge in [-0.05, 0) is 17.7 Å². The molecule has 0 bridgehead atoms. The Morgan fingerprint density at radius 3 is 2.18 bits per heavy atom. The van der Waals surface area contributed by atoms with Crippen LogP contribution in [0.5, 0.6) is 0 Å². The quantitative estimate of drug-likeness (QED) is 0.614. The van der Waals surface area contributed by atoms with Gasteiger partial charge >= 0.3 is 0 Å². The first-order chi connectivity index (χ1) is 5.27. The van der Waals surface area contributed by atoms with E-state index in [1.54, 1.807) is 4.31 Å². The highest BCUT2D eigenvalue weighted by Crippen LogP contribution is 2.30. The molecule has 0 radical (unpaired) electrons. The van der Waals surface area contributed by atoms with Crippen molar-refractivity contribution < 1.29 is 0 Å². The van der Waals surface area contributed by atoms with Gasteiger partial charge in [0.1, 0.15) is 0 Å². The molecule has 2 rings (SSSR count). The highest BCUT2D eigenvalue weighted by molar-refractivity contribution is 7.57. The minimum atomic E-state index is 0.755. The summed E-state index contributed by atoms with van der Waals surface area (Å²) >= 11 is 10.6. The summed E-state index contributed by atoms with van der Waals surface area (Å²) in [6, 6.07) is 7.64. The highest BCUT2D eigenvalue weighted by atomic mass is 35.5. The molecular weight excluding hydrogens is 178 g/mol. The third-order valence-corrected chi connectivity index (χ3v) is 2.10. The van der Waals surface area contributed by atoms with Gasteiger partial charge in [-0.3, -0.25) is 0 Å². The minimum Gasteiger partial charge on any atom is -0.661 e. The number of hydrogen-bond acceptors (Lipinski definition) is 2. The predicted octanol–water partition coefficient (Wildman–Crippen LogP) is 2.42. The van der Waals surface area contributed by atoms with Crippen LogP contribution in [0.4, 0.5) is 0 Å². The van der Waals surface area contributed by atoms with Crippen molar-refractivity contribution in [2.45, 2.75) is 0 Å². The van der Waals surface area contributed by atoms with E-state index in [0.29, 0.717) is 0 Å². The maximum absolute atomic E-state index is 5.71. The second kappa shape index (κ2) is 2.47. The minimum absolute atomic E-state index is 0.755. The average molecular weight is 183 g/mol. The lowest BCUT2D eigenvalue weighted by Gasteiger charge is -2.08. The van der Waals surface area contributed by atoms with Gasteiger partial charge in [-0.15, -0.1) is 0 Å². The van der Waals surface area contributed by atoms with Gasteiger partial charge in [0.05, 0.1) is 0 Å². The number of halogens is 1. The van der Waals surface area contributed by atoms with Crippen molar-refractivity contribution in [1.29, 1.82) is 0 Å². The molecule has 0 atom stereocenters. The van der Waals surface area contributed by atoms with Crippen LogP contribution in [-0.2, 0) is 12.8 Å².